The van der Waals surface area contributed by atoms with Crippen LogP contribution in [0.5, 0.6) is 5.75 Å². The van der Waals surface area contributed by atoms with Gasteiger partial charge in [-0.15, -0.1) is 0 Å². The molecule has 3 atom stereocenters. The fourth-order valence-electron chi connectivity index (χ4n) is 7.13. The van der Waals surface area contributed by atoms with E-state index in [2.05, 4.69) is 37.0 Å². The quantitative estimate of drug-likeness (QED) is 0.315. The molecular formula is C33H37F2N7O4. The Bertz CT molecular complexity index is 1620. The summed E-state index contributed by atoms with van der Waals surface area (Å²) in [6.07, 6.45) is 6.60. The van der Waals surface area contributed by atoms with Gasteiger partial charge in [0.25, 0.3) is 0 Å². The number of nitrogens with zero attached hydrogens (tertiary/aromatic N) is 5. The second kappa shape index (κ2) is 12.8. The minimum atomic E-state index is -0.915. The highest BCUT2D eigenvalue weighted by molar-refractivity contribution is 6.02. The number of morpholine rings is 1. The van der Waals surface area contributed by atoms with Crippen LogP contribution in [0.3, 0.4) is 0 Å². The van der Waals surface area contributed by atoms with Gasteiger partial charge in [-0.1, -0.05) is 18.7 Å². The molecule has 0 saturated carbocycles. The van der Waals surface area contributed by atoms with E-state index in [4.69, 9.17) is 14.3 Å². The van der Waals surface area contributed by atoms with E-state index in [0.29, 0.717) is 60.0 Å². The molecule has 7 rings (SSSR count). The lowest BCUT2D eigenvalue weighted by molar-refractivity contribution is -0.111. The molecule has 1 aromatic heterocycles. The van der Waals surface area contributed by atoms with Crippen molar-refractivity contribution in [3.05, 3.63) is 72.6 Å². The van der Waals surface area contributed by atoms with Crippen molar-refractivity contribution < 1.29 is 27.9 Å². The Kier molecular flexibility index (Phi) is 8.45. The highest BCUT2D eigenvalue weighted by atomic mass is 19.2. The summed E-state index contributed by atoms with van der Waals surface area (Å²) in [5.74, 6) is -0.805. The molecule has 4 aliphatic heterocycles. The summed E-state index contributed by atoms with van der Waals surface area (Å²) in [6, 6.07) is 9.99. The number of likely N-dealkylation sites (tertiary alicyclic amines) is 1. The zero-order chi connectivity index (χ0) is 31.8. The third-order valence-corrected chi connectivity index (χ3v) is 9.36. The number of hydrogen-bond acceptors (Lipinski definition) is 10. The summed E-state index contributed by atoms with van der Waals surface area (Å²) >= 11 is 0. The molecule has 3 aromatic rings. The van der Waals surface area contributed by atoms with E-state index in [-0.39, 0.29) is 11.5 Å². The number of carbonyl (C=O) groups excluding carboxylic acids is 1. The van der Waals surface area contributed by atoms with Gasteiger partial charge in [0.1, 0.15) is 17.9 Å². The van der Waals surface area contributed by atoms with Gasteiger partial charge in [0.15, 0.2) is 17.5 Å². The summed E-state index contributed by atoms with van der Waals surface area (Å²) < 4.78 is 40.3. The highest BCUT2D eigenvalue weighted by Crippen LogP contribution is 2.41. The van der Waals surface area contributed by atoms with E-state index in [1.54, 1.807) is 19.2 Å². The number of carbonyl (C=O) groups is 1. The van der Waals surface area contributed by atoms with Crippen molar-refractivity contribution in [2.24, 2.45) is 0 Å². The Labute approximate surface area is 266 Å². The largest absolute Gasteiger partial charge is 0.494 e. The van der Waals surface area contributed by atoms with E-state index in [0.717, 1.165) is 57.3 Å². The average molecular weight is 634 g/mol. The van der Waals surface area contributed by atoms with Crippen molar-refractivity contribution in [1.29, 1.82) is 0 Å². The maximum Gasteiger partial charge on any atom is 0.247 e. The molecule has 0 unspecified atom stereocenters. The first-order chi connectivity index (χ1) is 22.4. The van der Waals surface area contributed by atoms with Crippen molar-refractivity contribution in [2.75, 3.05) is 60.6 Å². The maximum absolute atomic E-state index is 14.7. The Morgan fingerprint density at radius 3 is 2.70 bits per heavy atom. The van der Waals surface area contributed by atoms with Crippen molar-refractivity contribution in [3.8, 4) is 5.75 Å². The summed E-state index contributed by atoms with van der Waals surface area (Å²) in [5.41, 5.74) is 2.22. The van der Waals surface area contributed by atoms with E-state index < -0.39 is 17.7 Å². The van der Waals surface area contributed by atoms with Crippen molar-refractivity contribution >= 4 is 34.6 Å². The van der Waals surface area contributed by atoms with E-state index in [1.807, 2.05) is 12.1 Å². The topological polar surface area (TPSA) is 104 Å². The molecule has 2 aromatic carbocycles. The molecule has 0 radical (unpaired) electrons. The van der Waals surface area contributed by atoms with Crippen molar-refractivity contribution in [2.45, 2.75) is 49.9 Å². The SMILES string of the molecule is C=CC(=O)Nc1cc(Nc2cc(N3OCC[C@@H]3c3cccc(F)c3F)ncn2)c(OC)cc1N1CCC(N2C[C@H]3C[C@@H]2CO3)CC1. The number of hydrogen-bond donors (Lipinski definition) is 2. The molecule has 0 spiro atoms. The molecule has 4 fully saturated rings. The Morgan fingerprint density at radius 1 is 1.11 bits per heavy atom. The molecular weight excluding hydrogens is 596 g/mol. The van der Waals surface area contributed by atoms with E-state index in [1.165, 1.54) is 23.5 Å². The van der Waals surface area contributed by atoms with Crippen LogP contribution in [-0.2, 0) is 14.4 Å². The van der Waals surface area contributed by atoms with Gasteiger partial charge in [-0.3, -0.25) is 14.5 Å². The molecule has 4 saturated heterocycles. The van der Waals surface area contributed by atoms with Gasteiger partial charge >= 0.3 is 0 Å². The van der Waals surface area contributed by atoms with Gasteiger partial charge in [-0.2, -0.15) is 0 Å². The molecule has 4 aliphatic rings. The summed E-state index contributed by atoms with van der Waals surface area (Å²) in [7, 11) is 1.59. The summed E-state index contributed by atoms with van der Waals surface area (Å²) in [6.45, 7) is 7.46. The molecule has 0 aliphatic carbocycles. The number of piperidine rings is 1. The number of rotatable bonds is 9. The zero-order valence-electron chi connectivity index (χ0n) is 25.6. The van der Waals surface area contributed by atoms with Gasteiger partial charge in [-0.25, -0.2) is 23.8 Å². The van der Waals surface area contributed by atoms with Crippen LogP contribution in [-0.4, -0.2) is 78.9 Å². The van der Waals surface area contributed by atoms with E-state index in [9.17, 15) is 13.6 Å². The number of fused-ring (bicyclic) bond motifs is 2. The molecule has 1 amide bonds. The van der Waals surface area contributed by atoms with Crippen LogP contribution in [0, 0.1) is 11.6 Å². The Morgan fingerprint density at radius 2 is 1.96 bits per heavy atom. The standard InChI is InChI=1S/C33H37F2N7O4/c1-3-32(43)39-25-14-26(29(44-2)15-28(25)40-10-7-20(8-11-40)41-17-22-13-21(41)18-45-22)38-30-16-31(37-19-36-30)42-27(9-12-46-42)23-5-4-6-24(34)33(23)35/h3-6,14-16,19-22,27H,1,7-13,17-18H2,2H3,(H,39,43)(H,36,37,38)/t21-,22-,27-/m1/s1. The van der Waals surface area contributed by atoms with Crippen LogP contribution in [0.1, 0.15) is 37.3 Å². The van der Waals surface area contributed by atoms with Crippen LogP contribution in [0.2, 0.25) is 0 Å². The summed E-state index contributed by atoms with van der Waals surface area (Å²) in [5, 5.41) is 7.72. The lowest BCUT2D eigenvalue weighted by Gasteiger charge is -2.41. The van der Waals surface area contributed by atoms with E-state index >= 15 is 0 Å². The molecule has 242 valence electrons. The highest BCUT2D eigenvalue weighted by Gasteiger charge is 2.43. The minimum Gasteiger partial charge on any atom is -0.494 e. The number of aromatic nitrogens is 2. The predicted molar refractivity (Wildman–Crippen MR) is 169 cm³/mol. The average Bonchev–Trinajstić information content (AvgIpc) is 3.85. The van der Waals surface area contributed by atoms with Gasteiger partial charge in [-0.05, 0) is 37.5 Å². The lowest BCUT2D eigenvalue weighted by Crippen LogP contribution is -2.49. The van der Waals surface area contributed by atoms with Crippen molar-refractivity contribution in [1.82, 2.24) is 14.9 Å². The first-order valence-corrected chi connectivity index (χ1v) is 15.6. The number of ether oxygens (including phenoxy) is 2. The maximum atomic E-state index is 14.7. The number of methoxy groups -OCH3 is 1. The number of amides is 1. The third-order valence-electron chi connectivity index (χ3n) is 9.36. The number of hydroxylamine groups is 1. The number of nitrogens with one attached hydrogen (secondary N) is 2. The van der Waals surface area contributed by atoms with Gasteiger partial charge in [0.2, 0.25) is 5.91 Å². The Balaban J connectivity index is 1.12. The number of halogens is 2. The smallest absolute Gasteiger partial charge is 0.247 e. The first kappa shape index (κ1) is 30.3. The fourth-order valence-corrected chi connectivity index (χ4v) is 7.13. The first-order valence-electron chi connectivity index (χ1n) is 15.6. The third kappa shape index (κ3) is 5.85. The van der Waals surface area contributed by atoms with Crippen LogP contribution < -0.4 is 25.3 Å². The number of anilines is 5. The predicted octanol–water partition coefficient (Wildman–Crippen LogP) is 4.96. The molecule has 13 heteroatoms. The van der Waals surface area contributed by atoms with Crippen LogP contribution in [0.4, 0.5) is 37.5 Å². The second-order valence-electron chi connectivity index (χ2n) is 12.0. The monoisotopic (exact) mass is 633 g/mol. The normalized spacial score (nSPS) is 23.2. The van der Waals surface area contributed by atoms with Crippen LogP contribution >= 0.6 is 0 Å². The van der Waals surface area contributed by atoms with Crippen molar-refractivity contribution in [3.63, 3.8) is 0 Å². The lowest BCUT2D eigenvalue weighted by atomic mass is 10.0. The molecule has 46 heavy (non-hydrogen) atoms. The zero-order valence-corrected chi connectivity index (χ0v) is 25.6. The van der Waals surface area contributed by atoms with Gasteiger partial charge in [0, 0.05) is 55.8 Å². The van der Waals surface area contributed by atoms with Gasteiger partial charge in [0.05, 0.1) is 49.5 Å². The molecule has 2 N–H and O–H groups in total. The van der Waals surface area contributed by atoms with Gasteiger partial charge < -0.3 is 25.0 Å². The van der Waals surface area contributed by atoms with Crippen LogP contribution in [0.15, 0.2) is 55.4 Å². The summed E-state index contributed by atoms with van der Waals surface area (Å²) in [4.78, 5) is 31.9. The molecule has 11 nitrogen and oxygen atoms in total. The minimum absolute atomic E-state index is 0.191. The second-order valence-corrected chi connectivity index (χ2v) is 12.0. The Hall–Kier alpha value is -4.33. The number of benzene rings is 2. The molecule has 2 bridgehead atoms. The van der Waals surface area contributed by atoms with Crippen LogP contribution in [0.25, 0.3) is 0 Å². The fraction of sp³-hybridized carbons (Fsp3) is 0.424. The molecule has 5 heterocycles.